The molecule has 5 nitrogen and oxygen atoms in total. The van der Waals surface area contributed by atoms with Crippen LogP contribution in [-0.4, -0.2) is 18.0 Å². The van der Waals surface area contributed by atoms with Crippen molar-refractivity contribution in [3.05, 3.63) is 64.2 Å². The molecule has 0 aromatic heterocycles. The number of hydrazone groups is 1. The van der Waals surface area contributed by atoms with E-state index in [1.54, 1.807) is 36.4 Å². The summed E-state index contributed by atoms with van der Waals surface area (Å²) in [5.74, 6) is -1.61. The summed E-state index contributed by atoms with van der Waals surface area (Å²) in [5, 5.41) is 6.89. The molecule has 0 saturated carbocycles. The summed E-state index contributed by atoms with van der Waals surface area (Å²) >= 11 is 5.77. The Hall–Kier alpha value is -2.66. The van der Waals surface area contributed by atoms with Crippen molar-refractivity contribution in [3.8, 4) is 0 Å². The molecule has 2 aromatic carbocycles. The number of carbonyl (C=O) groups excluding carboxylic acids is 2. The second-order valence-electron chi connectivity index (χ2n) is 5.08. The third-order valence-corrected chi connectivity index (χ3v) is 3.19. The molecule has 0 spiro atoms. The Balaban J connectivity index is 1.92. The highest BCUT2D eigenvalue weighted by atomic mass is 35.5. The van der Waals surface area contributed by atoms with E-state index in [9.17, 15) is 9.59 Å². The van der Waals surface area contributed by atoms with Crippen molar-refractivity contribution in [1.29, 1.82) is 0 Å². The predicted octanol–water partition coefficient (Wildman–Crippen LogP) is 3.05. The van der Waals surface area contributed by atoms with Gasteiger partial charge in [-0.3, -0.25) is 9.59 Å². The first kappa shape index (κ1) is 16.7. The van der Waals surface area contributed by atoms with Crippen LogP contribution in [0.3, 0.4) is 0 Å². The monoisotopic (exact) mass is 329 g/mol. The molecule has 6 heteroatoms. The molecule has 0 bridgehead atoms. The van der Waals surface area contributed by atoms with E-state index in [0.29, 0.717) is 10.7 Å². The molecular formula is C17H16ClN3O2. The molecule has 0 saturated heterocycles. The van der Waals surface area contributed by atoms with Crippen molar-refractivity contribution in [2.45, 2.75) is 13.8 Å². The summed E-state index contributed by atoms with van der Waals surface area (Å²) in [6, 6.07) is 12.5. The quantitative estimate of drug-likeness (QED) is 0.516. The zero-order valence-electron chi connectivity index (χ0n) is 12.8. The Morgan fingerprint density at radius 3 is 2.22 bits per heavy atom. The number of aryl methyl sites for hydroxylation is 2. The first-order valence-corrected chi connectivity index (χ1v) is 7.30. The van der Waals surface area contributed by atoms with Gasteiger partial charge in [0.2, 0.25) is 0 Å². The third-order valence-electron chi connectivity index (χ3n) is 2.94. The van der Waals surface area contributed by atoms with Crippen LogP contribution in [-0.2, 0) is 9.59 Å². The number of hydrogen-bond donors (Lipinski definition) is 2. The molecule has 0 atom stereocenters. The fourth-order valence-corrected chi connectivity index (χ4v) is 2.13. The number of nitrogens with one attached hydrogen (secondary N) is 2. The third kappa shape index (κ3) is 5.23. The first-order chi connectivity index (χ1) is 10.9. The Morgan fingerprint density at radius 1 is 1.00 bits per heavy atom. The summed E-state index contributed by atoms with van der Waals surface area (Å²) in [6.07, 6.45) is 1.43. The van der Waals surface area contributed by atoms with Gasteiger partial charge in [0.05, 0.1) is 6.21 Å². The number of nitrogens with zero attached hydrogens (tertiary/aromatic N) is 1. The lowest BCUT2D eigenvalue weighted by Crippen LogP contribution is -2.32. The summed E-state index contributed by atoms with van der Waals surface area (Å²) in [6.45, 7) is 3.83. The molecule has 0 aliphatic carbocycles. The Morgan fingerprint density at radius 2 is 1.61 bits per heavy atom. The van der Waals surface area contributed by atoms with Crippen LogP contribution in [0.2, 0.25) is 5.02 Å². The summed E-state index contributed by atoms with van der Waals surface area (Å²) < 4.78 is 0. The number of carbonyl (C=O) groups is 2. The van der Waals surface area contributed by atoms with Crippen molar-refractivity contribution in [3.63, 3.8) is 0 Å². The lowest BCUT2D eigenvalue weighted by atomic mass is 10.1. The van der Waals surface area contributed by atoms with Gasteiger partial charge in [0, 0.05) is 10.7 Å². The lowest BCUT2D eigenvalue weighted by Gasteiger charge is -2.06. The fraction of sp³-hybridized carbons (Fsp3) is 0.118. The Bertz CT molecular complexity index is 735. The van der Waals surface area contributed by atoms with E-state index in [2.05, 4.69) is 15.8 Å². The van der Waals surface area contributed by atoms with Crippen molar-refractivity contribution in [1.82, 2.24) is 5.43 Å². The minimum atomic E-state index is -0.839. The molecule has 0 fully saturated rings. The molecule has 2 N–H and O–H groups in total. The summed E-state index contributed by atoms with van der Waals surface area (Å²) in [5.41, 5.74) is 5.51. The molecular weight excluding hydrogens is 314 g/mol. The fourth-order valence-electron chi connectivity index (χ4n) is 2.00. The van der Waals surface area contributed by atoms with Crippen LogP contribution >= 0.6 is 11.6 Å². The molecule has 23 heavy (non-hydrogen) atoms. The number of rotatable bonds is 3. The van der Waals surface area contributed by atoms with Gasteiger partial charge >= 0.3 is 11.8 Å². The highest BCUT2D eigenvalue weighted by Crippen LogP contribution is 2.13. The van der Waals surface area contributed by atoms with Crippen molar-refractivity contribution in [2.75, 3.05) is 5.32 Å². The smallest absolute Gasteiger partial charge is 0.318 e. The molecule has 0 heterocycles. The normalized spacial score (nSPS) is 10.6. The molecule has 2 amide bonds. The molecule has 118 valence electrons. The molecule has 0 radical (unpaired) electrons. The predicted molar refractivity (Wildman–Crippen MR) is 91.7 cm³/mol. The first-order valence-electron chi connectivity index (χ1n) is 6.92. The van der Waals surface area contributed by atoms with Gasteiger partial charge < -0.3 is 5.32 Å². The van der Waals surface area contributed by atoms with Crippen molar-refractivity contribution < 1.29 is 9.59 Å². The Labute approximate surface area is 139 Å². The van der Waals surface area contributed by atoms with E-state index < -0.39 is 11.8 Å². The topological polar surface area (TPSA) is 70.6 Å². The number of halogens is 1. The van der Waals surface area contributed by atoms with Crippen LogP contribution < -0.4 is 10.7 Å². The highest BCUT2D eigenvalue weighted by Gasteiger charge is 2.13. The van der Waals surface area contributed by atoms with E-state index in [0.717, 1.165) is 16.7 Å². The van der Waals surface area contributed by atoms with Gasteiger partial charge in [0.25, 0.3) is 0 Å². The van der Waals surface area contributed by atoms with Crippen molar-refractivity contribution in [2.24, 2.45) is 5.10 Å². The lowest BCUT2D eigenvalue weighted by molar-refractivity contribution is -0.136. The van der Waals surface area contributed by atoms with Crippen LogP contribution in [0.5, 0.6) is 0 Å². The largest absolute Gasteiger partial charge is 0.329 e. The van der Waals surface area contributed by atoms with Crippen LogP contribution in [0.25, 0.3) is 0 Å². The maximum Gasteiger partial charge on any atom is 0.329 e. The summed E-state index contributed by atoms with van der Waals surface area (Å²) in [7, 11) is 0. The molecule has 0 aliphatic rings. The van der Waals surface area contributed by atoms with Gasteiger partial charge in [-0.05, 0) is 54.8 Å². The van der Waals surface area contributed by atoms with E-state index >= 15 is 0 Å². The number of anilines is 1. The van der Waals surface area contributed by atoms with Crippen molar-refractivity contribution >= 4 is 35.3 Å². The second kappa shape index (κ2) is 7.56. The minimum Gasteiger partial charge on any atom is -0.318 e. The van der Waals surface area contributed by atoms with E-state index in [1.807, 2.05) is 19.9 Å². The zero-order chi connectivity index (χ0) is 16.8. The van der Waals surface area contributed by atoms with Gasteiger partial charge in [0.1, 0.15) is 0 Å². The average Bonchev–Trinajstić information content (AvgIpc) is 2.48. The standard InChI is InChI=1S/C17H16ClN3O2/c1-11-7-12(2)9-15(8-11)20-16(22)17(23)21-19-10-13-3-5-14(18)6-4-13/h3-10H,1-2H3,(H,20,22)(H,21,23)/b19-10-. The molecule has 2 rings (SSSR count). The molecule has 0 aliphatic heterocycles. The minimum absolute atomic E-state index is 0.573. The maximum absolute atomic E-state index is 11.8. The maximum atomic E-state index is 11.8. The zero-order valence-corrected chi connectivity index (χ0v) is 13.5. The highest BCUT2D eigenvalue weighted by molar-refractivity contribution is 6.39. The van der Waals surface area contributed by atoms with Gasteiger partial charge in [-0.1, -0.05) is 29.8 Å². The van der Waals surface area contributed by atoms with E-state index in [4.69, 9.17) is 11.6 Å². The van der Waals surface area contributed by atoms with Gasteiger partial charge in [-0.2, -0.15) is 5.10 Å². The number of benzene rings is 2. The summed E-state index contributed by atoms with van der Waals surface area (Å²) in [4.78, 5) is 23.5. The van der Waals surface area contributed by atoms with Gasteiger partial charge in [-0.25, -0.2) is 5.43 Å². The number of amides is 2. The number of hydrogen-bond acceptors (Lipinski definition) is 3. The second-order valence-corrected chi connectivity index (χ2v) is 5.52. The van der Waals surface area contributed by atoms with Gasteiger partial charge in [-0.15, -0.1) is 0 Å². The SMILES string of the molecule is Cc1cc(C)cc(NC(=O)C(=O)N/N=C\c2ccc(Cl)cc2)c1. The van der Waals surface area contributed by atoms with Crippen LogP contribution in [0.4, 0.5) is 5.69 Å². The average molecular weight is 330 g/mol. The van der Waals surface area contributed by atoms with E-state index in [1.165, 1.54) is 6.21 Å². The van der Waals surface area contributed by atoms with Crippen LogP contribution in [0.15, 0.2) is 47.6 Å². The van der Waals surface area contributed by atoms with Crippen LogP contribution in [0.1, 0.15) is 16.7 Å². The molecule has 0 unspecified atom stereocenters. The van der Waals surface area contributed by atoms with Crippen LogP contribution in [0, 0.1) is 13.8 Å². The van der Waals surface area contributed by atoms with E-state index in [-0.39, 0.29) is 0 Å². The molecule has 2 aromatic rings. The van der Waals surface area contributed by atoms with Gasteiger partial charge in [0.15, 0.2) is 0 Å². The Kier molecular flexibility index (Phi) is 5.49.